The topological polar surface area (TPSA) is 83.6 Å². The summed E-state index contributed by atoms with van der Waals surface area (Å²) in [7, 11) is 0. The number of hydrazone groups is 1. The molecule has 7 nitrogen and oxygen atoms in total. The average molecular weight is 375 g/mol. The van der Waals surface area contributed by atoms with E-state index in [0.717, 1.165) is 11.3 Å². The van der Waals surface area contributed by atoms with Crippen molar-refractivity contribution in [3.05, 3.63) is 77.9 Å². The van der Waals surface area contributed by atoms with Gasteiger partial charge >= 0.3 is 0 Å². The van der Waals surface area contributed by atoms with Crippen LogP contribution in [0.4, 0.5) is 5.69 Å². The van der Waals surface area contributed by atoms with Crippen molar-refractivity contribution in [3.8, 4) is 0 Å². The molecule has 142 valence electrons. The molecule has 1 aliphatic rings. The van der Waals surface area contributed by atoms with Crippen LogP contribution in [0.1, 0.15) is 42.7 Å². The second-order valence-electron chi connectivity index (χ2n) is 6.73. The van der Waals surface area contributed by atoms with Gasteiger partial charge in [0.25, 0.3) is 5.91 Å². The predicted molar refractivity (Wildman–Crippen MR) is 106 cm³/mol. The monoisotopic (exact) mass is 375 g/mol. The average Bonchev–Trinajstić information content (AvgIpc) is 3.36. The van der Waals surface area contributed by atoms with Crippen molar-refractivity contribution in [3.63, 3.8) is 0 Å². The molecule has 3 aromatic rings. The van der Waals surface area contributed by atoms with E-state index in [-0.39, 0.29) is 11.9 Å². The Morgan fingerprint density at radius 3 is 2.46 bits per heavy atom. The Labute approximate surface area is 163 Å². The minimum atomic E-state index is -0.391. The molecule has 28 heavy (non-hydrogen) atoms. The lowest BCUT2D eigenvalue weighted by Crippen LogP contribution is -2.32. The number of benzene rings is 2. The molecule has 2 heterocycles. The first-order valence-electron chi connectivity index (χ1n) is 9.19. The van der Waals surface area contributed by atoms with E-state index >= 15 is 0 Å². The van der Waals surface area contributed by atoms with Gasteiger partial charge in [0.15, 0.2) is 5.82 Å². The Morgan fingerprint density at radius 1 is 1.14 bits per heavy atom. The van der Waals surface area contributed by atoms with E-state index in [1.807, 2.05) is 60.5 Å². The van der Waals surface area contributed by atoms with Crippen LogP contribution < -0.4 is 10.3 Å². The van der Waals surface area contributed by atoms with Gasteiger partial charge in [0, 0.05) is 6.42 Å². The Morgan fingerprint density at radius 2 is 1.82 bits per heavy atom. The number of carbonyl (C=O) groups excluding carboxylic acids is 1. The van der Waals surface area contributed by atoms with Gasteiger partial charge in [-0.05, 0) is 31.5 Å². The zero-order chi connectivity index (χ0) is 19.5. The Kier molecular flexibility index (Phi) is 4.89. The van der Waals surface area contributed by atoms with E-state index in [2.05, 4.69) is 32.7 Å². The molecule has 4 rings (SSSR count). The van der Waals surface area contributed by atoms with E-state index in [4.69, 9.17) is 4.52 Å². The summed E-state index contributed by atoms with van der Waals surface area (Å²) in [6.07, 6.45) is 0.514. The maximum absolute atomic E-state index is 12.8. The number of rotatable bonds is 5. The van der Waals surface area contributed by atoms with Crippen LogP contribution >= 0.6 is 0 Å². The molecular weight excluding hydrogens is 354 g/mol. The normalized spacial score (nSPS) is 17.3. The van der Waals surface area contributed by atoms with Crippen molar-refractivity contribution < 1.29 is 9.32 Å². The Hall–Kier alpha value is -3.48. The van der Waals surface area contributed by atoms with Crippen LogP contribution in [-0.4, -0.2) is 21.8 Å². The zero-order valence-electron chi connectivity index (χ0n) is 15.7. The molecule has 0 saturated carbocycles. The first-order chi connectivity index (χ1) is 13.6. The summed E-state index contributed by atoms with van der Waals surface area (Å²) < 4.78 is 5.14. The Bertz CT molecular complexity index is 984. The van der Waals surface area contributed by atoms with Gasteiger partial charge in [0.1, 0.15) is 11.8 Å². The van der Waals surface area contributed by atoms with Crippen LogP contribution in [0.5, 0.6) is 0 Å². The molecule has 2 atom stereocenters. The van der Waals surface area contributed by atoms with Gasteiger partial charge in [-0.1, -0.05) is 53.7 Å². The van der Waals surface area contributed by atoms with Gasteiger partial charge in [-0.2, -0.15) is 10.1 Å². The number of amides is 1. The number of hydrogen-bond acceptors (Lipinski definition) is 6. The van der Waals surface area contributed by atoms with Crippen molar-refractivity contribution in [1.82, 2.24) is 15.5 Å². The molecule has 7 heteroatoms. The van der Waals surface area contributed by atoms with Gasteiger partial charge in [0.2, 0.25) is 5.89 Å². The standard InChI is InChI=1S/C21H21N5O2/c1-14(21-23-15(2)25-28-21)22-20(27)18-13-19(16-9-5-3-6-10-16)26(24-18)17-11-7-4-8-12-17/h3-12,14,19H,13H2,1-2H3,(H,22,27)/t14-,19-/m1/s1. The summed E-state index contributed by atoms with van der Waals surface area (Å²) in [5.74, 6) is 0.681. The van der Waals surface area contributed by atoms with Crippen molar-refractivity contribution >= 4 is 17.3 Å². The van der Waals surface area contributed by atoms with Gasteiger partial charge in [-0.3, -0.25) is 9.80 Å². The fraction of sp³-hybridized carbons (Fsp3) is 0.238. The summed E-state index contributed by atoms with van der Waals surface area (Å²) in [6, 6.07) is 19.5. The third-order valence-corrected chi connectivity index (χ3v) is 4.64. The SMILES string of the molecule is Cc1noc([C@@H](C)NC(=O)C2=NN(c3ccccc3)[C@@H](c3ccccc3)C2)n1. The summed E-state index contributed by atoms with van der Waals surface area (Å²) in [6.45, 7) is 3.55. The maximum Gasteiger partial charge on any atom is 0.268 e. The van der Waals surface area contributed by atoms with Crippen LogP contribution in [0.25, 0.3) is 0 Å². The molecule has 0 saturated heterocycles. The first-order valence-corrected chi connectivity index (χ1v) is 9.19. The van der Waals surface area contributed by atoms with Crippen LogP contribution in [-0.2, 0) is 4.79 Å². The third kappa shape index (κ3) is 3.64. The Balaban J connectivity index is 1.57. The summed E-state index contributed by atoms with van der Waals surface area (Å²) in [5, 5.41) is 13.2. The molecular formula is C21H21N5O2. The van der Waals surface area contributed by atoms with Gasteiger partial charge in [0.05, 0.1) is 11.7 Å². The number of carbonyl (C=O) groups is 1. The largest absolute Gasteiger partial charge is 0.339 e. The highest BCUT2D eigenvalue weighted by molar-refractivity contribution is 6.39. The van der Waals surface area contributed by atoms with E-state index in [9.17, 15) is 4.79 Å². The fourth-order valence-corrected chi connectivity index (χ4v) is 3.23. The number of nitrogens with zero attached hydrogens (tertiary/aromatic N) is 4. The minimum Gasteiger partial charge on any atom is -0.339 e. The van der Waals surface area contributed by atoms with Crippen molar-refractivity contribution in [2.75, 3.05) is 5.01 Å². The molecule has 0 spiro atoms. The molecule has 0 bridgehead atoms. The molecule has 1 aromatic heterocycles. The molecule has 1 amide bonds. The summed E-state index contributed by atoms with van der Waals surface area (Å²) >= 11 is 0. The lowest BCUT2D eigenvalue weighted by Gasteiger charge is -2.23. The van der Waals surface area contributed by atoms with Crippen LogP contribution in [0.15, 0.2) is 70.3 Å². The highest BCUT2D eigenvalue weighted by atomic mass is 16.5. The van der Waals surface area contributed by atoms with Crippen molar-refractivity contribution in [2.24, 2.45) is 5.10 Å². The van der Waals surface area contributed by atoms with Crippen LogP contribution in [0.3, 0.4) is 0 Å². The number of para-hydroxylation sites is 1. The highest BCUT2D eigenvalue weighted by Crippen LogP contribution is 2.35. The van der Waals surface area contributed by atoms with Gasteiger partial charge < -0.3 is 9.84 Å². The second kappa shape index (κ2) is 7.64. The maximum atomic E-state index is 12.8. The van der Waals surface area contributed by atoms with Crippen molar-refractivity contribution in [2.45, 2.75) is 32.4 Å². The molecule has 2 aromatic carbocycles. The predicted octanol–water partition coefficient (Wildman–Crippen LogP) is 3.56. The second-order valence-corrected chi connectivity index (χ2v) is 6.73. The van der Waals surface area contributed by atoms with E-state index in [1.54, 1.807) is 6.92 Å². The molecule has 0 unspecified atom stereocenters. The lowest BCUT2D eigenvalue weighted by atomic mass is 10.0. The first kappa shape index (κ1) is 17.9. The molecule has 0 radical (unpaired) electrons. The van der Waals surface area contributed by atoms with E-state index in [0.29, 0.717) is 23.8 Å². The quantitative estimate of drug-likeness (QED) is 0.737. The lowest BCUT2D eigenvalue weighted by molar-refractivity contribution is -0.115. The molecule has 1 aliphatic heterocycles. The third-order valence-electron chi connectivity index (χ3n) is 4.64. The molecule has 1 N–H and O–H groups in total. The highest BCUT2D eigenvalue weighted by Gasteiger charge is 2.33. The fourth-order valence-electron chi connectivity index (χ4n) is 3.23. The summed E-state index contributed by atoms with van der Waals surface area (Å²) in [4.78, 5) is 17.0. The van der Waals surface area contributed by atoms with Gasteiger partial charge in [-0.15, -0.1) is 0 Å². The number of nitrogens with one attached hydrogen (secondary N) is 1. The number of hydrogen-bond donors (Lipinski definition) is 1. The number of anilines is 1. The van der Waals surface area contributed by atoms with Crippen LogP contribution in [0.2, 0.25) is 0 Å². The number of aryl methyl sites for hydroxylation is 1. The van der Waals surface area contributed by atoms with E-state index in [1.165, 1.54) is 0 Å². The summed E-state index contributed by atoms with van der Waals surface area (Å²) in [5.41, 5.74) is 2.53. The zero-order valence-corrected chi connectivity index (χ0v) is 15.7. The molecule has 0 aliphatic carbocycles. The minimum absolute atomic E-state index is 0.0368. The van der Waals surface area contributed by atoms with Crippen LogP contribution in [0, 0.1) is 6.92 Å². The van der Waals surface area contributed by atoms with E-state index < -0.39 is 6.04 Å². The van der Waals surface area contributed by atoms with Crippen molar-refractivity contribution in [1.29, 1.82) is 0 Å². The smallest absolute Gasteiger partial charge is 0.268 e. The molecule has 0 fully saturated rings. The van der Waals surface area contributed by atoms with Gasteiger partial charge in [-0.25, -0.2) is 0 Å². The number of aromatic nitrogens is 2.